The highest BCUT2D eigenvalue weighted by molar-refractivity contribution is 7.17. The molecular formula is C20H19N3O4S. The van der Waals surface area contributed by atoms with Crippen LogP contribution in [0.5, 0.6) is 0 Å². The van der Waals surface area contributed by atoms with Crippen molar-refractivity contribution in [2.75, 3.05) is 18.5 Å². The summed E-state index contributed by atoms with van der Waals surface area (Å²) < 4.78 is 10.5. The number of anilines is 1. The Balaban J connectivity index is 1.48. The van der Waals surface area contributed by atoms with E-state index in [0.29, 0.717) is 46.7 Å². The lowest BCUT2D eigenvalue weighted by atomic mass is 10.2. The number of hydrogen-bond donors (Lipinski definition) is 1. The smallest absolute Gasteiger partial charge is 0.410 e. The van der Waals surface area contributed by atoms with Gasteiger partial charge in [0, 0.05) is 12.2 Å². The topological polar surface area (TPSA) is 84.7 Å². The molecule has 144 valence electrons. The summed E-state index contributed by atoms with van der Waals surface area (Å²) in [6.07, 6.45) is -0.310. The molecular weight excluding hydrogens is 378 g/mol. The Bertz CT molecular complexity index is 1040. The molecule has 4 rings (SSSR count). The second-order valence-electron chi connectivity index (χ2n) is 6.53. The van der Waals surface area contributed by atoms with Crippen LogP contribution in [0.1, 0.15) is 26.7 Å². The molecule has 8 heteroatoms. The summed E-state index contributed by atoms with van der Waals surface area (Å²) >= 11 is 1.30. The van der Waals surface area contributed by atoms with E-state index >= 15 is 0 Å². The number of nitrogens with one attached hydrogen (secondary N) is 1. The van der Waals surface area contributed by atoms with E-state index in [0.717, 1.165) is 11.3 Å². The van der Waals surface area contributed by atoms with Crippen LogP contribution in [0.25, 0.3) is 10.8 Å². The van der Waals surface area contributed by atoms with Crippen LogP contribution in [0, 0.1) is 13.8 Å². The molecule has 0 radical (unpaired) electrons. The zero-order chi connectivity index (χ0) is 19.7. The lowest BCUT2D eigenvalue weighted by molar-refractivity contribution is 0.102. The van der Waals surface area contributed by atoms with E-state index in [2.05, 4.69) is 10.3 Å². The zero-order valence-corrected chi connectivity index (χ0v) is 16.3. The van der Waals surface area contributed by atoms with E-state index in [1.165, 1.54) is 11.3 Å². The number of cyclic esters (lactones) is 1. The average molecular weight is 397 g/mol. The van der Waals surface area contributed by atoms with Crippen molar-refractivity contribution in [3.05, 3.63) is 58.3 Å². The SMILES string of the molecule is Cc1ccc(-c2nc(C)c(C(=O)Nc3cccc(CN4CCOC4=O)c3)s2)o1. The molecule has 1 aromatic carbocycles. The van der Waals surface area contributed by atoms with E-state index in [1.54, 1.807) is 11.8 Å². The molecule has 1 fully saturated rings. The first-order chi connectivity index (χ1) is 13.5. The molecule has 3 heterocycles. The molecule has 1 aliphatic heterocycles. The van der Waals surface area contributed by atoms with Crippen molar-refractivity contribution in [2.24, 2.45) is 0 Å². The van der Waals surface area contributed by atoms with Crippen LogP contribution in [-0.2, 0) is 11.3 Å². The number of aryl methyl sites for hydroxylation is 2. The van der Waals surface area contributed by atoms with E-state index in [9.17, 15) is 9.59 Å². The van der Waals surface area contributed by atoms with Crippen molar-refractivity contribution in [3.63, 3.8) is 0 Å². The number of thiazole rings is 1. The molecule has 28 heavy (non-hydrogen) atoms. The molecule has 3 aromatic rings. The number of benzene rings is 1. The lowest BCUT2D eigenvalue weighted by Gasteiger charge is -2.13. The van der Waals surface area contributed by atoms with Crippen LogP contribution in [0.2, 0.25) is 0 Å². The molecule has 0 unspecified atom stereocenters. The summed E-state index contributed by atoms with van der Waals surface area (Å²) in [6.45, 7) is 5.11. The summed E-state index contributed by atoms with van der Waals surface area (Å²) in [4.78, 5) is 31.0. The van der Waals surface area contributed by atoms with Gasteiger partial charge in [0.05, 0.1) is 12.2 Å². The number of amides is 2. The van der Waals surface area contributed by atoms with E-state index < -0.39 is 0 Å². The molecule has 7 nitrogen and oxygen atoms in total. The monoisotopic (exact) mass is 397 g/mol. The second-order valence-corrected chi connectivity index (χ2v) is 7.53. The number of nitrogens with zero attached hydrogens (tertiary/aromatic N) is 2. The van der Waals surface area contributed by atoms with Crippen LogP contribution < -0.4 is 5.32 Å². The fourth-order valence-electron chi connectivity index (χ4n) is 2.99. The standard InChI is InChI=1S/C20H19N3O4S/c1-12-6-7-16(27-12)19-21-13(2)17(28-19)18(24)22-15-5-3-4-14(10-15)11-23-8-9-26-20(23)25/h3-7,10H,8-9,11H2,1-2H3,(H,22,24). The number of carbonyl (C=O) groups is 2. The molecule has 0 aliphatic carbocycles. The third-order valence-electron chi connectivity index (χ3n) is 4.36. The normalized spacial score (nSPS) is 13.6. The molecule has 0 atom stereocenters. The average Bonchev–Trinajstić information content (AvgIpc) is 3.36. The Morgan fingerprint density at radius 3 is 2.86 bits per heavy atom. The quantitative estimate of drug-likeness (QED) is 0.697. The van der Waals surface area contributed by atoms with Gasteiger partial charge in [0.15, 0.2) is 10.8 Å². The maximum atomic E-state index is 12.7. The summed E-state index contributed by atoms with van der Waals surface area (Å²) in [5.74, 6) is 1.24. The van der Waals surface area contributed by atoms with Crippen LogP contribution in [0.15, 0.2) is 40.8 Å². The van der Waals surface area contributed by atoms with Gasteiger partial charge in [-0.1, -0.05) is 12.1 Å². The number of furan rings is 1. The van der Waals surface area contributed by atoms with Gasteiger partial charge in [-0.2, -0.15) is 0 Å². The Kier molecular flexibility index (Phi) is 4.87. The Labute approximate surface area is 165 Å². The Hall–Kier alpha value is -3.13. The van der Waals surface area contributed by atoms with Crippen molar-refractivity contribution in [1.29, 1.82) is 0 Å². The molecule has 1 N–H and O–H groups in total. The van der Waals surface area contributed by atoms with E-state index in [1.807, 2.05) is 43.3 Å². The lowest BCUT2D eigenvalue weighted by Crippen LogP contribution is -2.23. The third kappa shape index (κ3) is 3.77. The molecule has 1 saturated heterocycles. The van der Waals surface area contributed by atoms with Gasteiger partial charge < -0.3 is 19.4 Å². The van der Waals surface area contributed by atoms with Gasteiger partial charge in [-0.15, -0.1) is 11.3 Å². The van der Waals surface area contributed by atoms with Crippen molar-refractivity contribution in [2.45, 2.75) is 20.4 Å². The van der Waals surface area contributed by atoms with Crippen molar-refractivity contribution in [1.82, 2.24) is 9.88 Å². The minimum atomic E-state index is -0.310. The number of ether oxygens (including phenoxy) is 1. The molecule has 0 saturated carbocycles. The highest BCUT2D eigenvalue weighted by Crippen LogP contribution is 2.30. The number of carbonyl (C=O) groups excluding carboxylic acids is 2. The van der Waals surface area contributed by atoms with Gasteiger partial charge in [0.2, 0.25) is 0 Å². The Morgan fingerprint density at radius 2 is 2.14 bits per heavy atom. The predicted molar refractivity (Wildman–Crippen MR) is 105 cm³/mol. The maximum Gasteiger partial charge on any atom is 0.410 e. The predicted octanol–water partition coefficient (Wildman–Crippen LogP) is 4.22. The van der Waals surface area contributed by atoms with Crippen LogP contribution in [-0.4, -0.2) is 35.0 Å². The fraction of sp³-hybridized carbons (Fsp3) is 0.250. The number of aromatic nitrogens is 1. The van der Waals surface area contributed by atoms with Crippen LogP contribution in [0.3, 0.4) is 0 Å². The van der Waals surface area contributed by atoms with Crippen LogP contribution >= 0.6 is 11.3 Å². The second kappa shape index (κ2) is 7.47. The minimum Gasteiger partial charge on any atom is -0.459 e. The fourth-order valence-corrected chi connectivity index (χ4v) is 3.91. The van der Waals surface area contributed by atoms with Gasteiger partial charge in [-0.25, -0.2) is 9.78 Å². The first-order valence-corrected chi connectivity index (χ1v) is 9.67. The summed E-state index contributed by atoms with van der Waals surface area (Å²) in [5.41, 5.74) is 2.24. The Morgan fingerprint density at radius 1 is 1.29 bits per heavy atom. The summed E-state index contributed by atoms with van der Waals surface area (Å²) in [7, 11) is 0. The molecule has 1 aliphatic rings. The molecule has 2 aromatic heterocycles. The highest BCUT2D eigenvalue weighted by atomic mass is 32.1. The van der Waals surface area contributed by atoms with Gasteiger partial charge >= 0.3 is 6.09 Å². The number of rotatable bonds is 5. The van der Waals surface area contributed by atoms with Gasteiger partial charge in [0.1, 0.15) is 17.2 Å². The third-order valence-corrected chi connectivity index (χ3v) is 5.53. The van der Waals surface area contributed by atoms with Gasteiger partial charge in [-0.05, 0) is 43.7 Å². The summed E-state index contributed by atoms with van der Waals surface area (Å²) in [6, 6.07) is 11.2. The molecule has 0 spiro atoms. The number of hydrogen-bond acceptors (Lipinski definition) is 6. The largest absolute Gasteiger partial charge is 0.459 e. The van der Waals surface area contributed by atoms with Crippen molar-refractivity contribution >= 4 is 29.0 Å². The molecule has 0 bridgehead atoms. The van der Waals surface area contributed by atoms with E-state index in [-0.39, 0.29) is 12.0 Å². The van der Waals surface area contributed by atoms with E-state index in [4.69, 9.17) is 9.15 Å². The maximum absolute atomic E-state index is 12.7. The van der Waals surface area contributed by atoms with Crippen molar-refractivity contribution in [3.8, 4) is 10.8 Å². The van der Waals surface area contributed by atoms with Gasteiger partial charge in [0.25, 0.3) is 5.91 Å². The first kappa shape index (κ1) is 18.2. The van der Waals surface area contributed by atoms with Crippen molar-refractivity contribution < 1.29 is 18.7 Å². The minimum absolute atomic E-state index is 0.220. The summed E-state index contributed by atoms with van der Waals surface area (Å²) in [5, 5.41) is 3.59. The molecule has 2 amide bonds. The highest BCUT2D eigenvalue weighted by Gasteiger charge is 2.22. The van der Waals surface area contributed by atoms with Gasteiger partial charge in [-0.3, -0.25) is 4.79 Å². The zero-order valence-electron chi connectivity index (χ0n) is 15.5. The first-order valence-electron chi connectivity index (χ1n) is 8.86. The van der Waals surface area contributed by atoms with Crippen LogP contribution in [0.4, 0.5) is 10.5 Å².